The summed E-state index contributed by atoms with van der Waals surface area (Å²) < 4.78 is 13.5. The second-order valence-electron chi connectivity index (χ2n) is 4.10. The van der Waals surface area contributed by atoms with Crippen molar-refractivity contribution in [3.05, 3.63) is 58.4 Å². The Labute approximate surface area is 114 Å². The standard InChI is InChI=1S/C14H11ClFNO2/c1-8-2-5-11(16)12(6-8)17-14(19)10-4-3-9(15)7-13(10)18/h2-7,18H,1H3,(H,17,19). The fourth-order valence-corrected chi connectivity index (χ4v) is 1.79. The van der Waals surface area contributed by atoms with Gasteiger partial charge < -0.3 is 10.4 Å². The number of benzene rings is 2. The van der Waals surface area contributed by atoms with Crippen LogP contribution in [0.5, 0.6) is 5.75 Å². The molecule has 1 amide bonds. The first kappa shape index (κ1) is 13.4. The molecule has 0 spiro atoms. The summed E-state index contributed by atoms with van der Waals surface area (Å²) in [7, 11) is 0. The highest BCUT2D eigenvalue weighted by atomic mass is 35.5. The van der Waals surface area contributed by atoms with Crippen molar-refractivity contribution in [3.63, 3.8) is 0 Å². The van der Waals surface area contributed by atoms with Crippen LogP contribution in [0.4, 0.5) is 10.1 Å². The van der Waals surface area contributed by atoms with Crippen LogP contribution in [0.15, 0.2) is 36.4 Å². The molecule has 0 radical (unpaired) electrons. The first-order valence-electron chi connectivity index (χ1n) is 5.53. The highest BCUT2D eigenvalue weighted by Crippen LogP contribution is 2.24. The largest absolute Gasteiger partial charge is 0.507 e. The summed E-state index contributed by atoms with van der Waals surface area (Å²) in [5.41, 5.74) is 0.918. The number of hydrogen-bond acceptors (Lipinski definition) is 2. The van der Waals surface area contributed by atoms with E-state index in [4.69, 9.17) is 11.6 Å². The second-order valence-corrected chi connectivity index (χ2v) is 4.54. The number of carbonyl (C=O) groups is 1. The molecule has 19 heavy (non-hydrogen) atoms. The van der Waals surface area contributed by atoms with Gasteiger partial charge in [0.2, 0.25) is 0 Å². The van der Waals surface area contributed by atoms with Gasteiger partial charge in [-0.1, -0.05) is 17.7 Å². The van der Waals surface area contributed by atoms with E-state index in [1.54, 1.807) is 13.0 Å². The van der Waals surface area contributed by atoms with E-state index in [-0.39, 0.29) is 17.0 Å². The summed E-state index contributed by atoms with van der Waals surface area (Å²) in [6.07, 6.45) is 0. The van der Waals surface area contributed by atoms with E-state index in [1.807, 2.05) is 0 Å². The second kappa shape index (κ2) is 5.28. The lowest BCUT2D eigenvalue weighted by Crippen LogP contribution is -2.13. The van der Waals surface area contributed by atoms with Gasteiger partial charge in [-0.3, -0.25) is 4.79 Å². The fraction of sp³-hybridized carbons (Fsp3) is 0.0714. The highest BCUT2D eigenvalue weighted by Gasteiger charge is 2.13. The molecule has 2 N–H and O–H groups in total. The van der Waals surface area contributed by atoms with Gasteiger partial charge in [0.25, 0.3) is 5.91 Å². The summed E-state index contributed by atoms with van der Waals surface area (Å²) in [5, 5.41) is 12.4. The quantitative estimate of drug-likeness (QED) is 0.880. The van der Waals surface area contributed by atoms with Crippen LogP contribution in [0.25, 0.3) is 0 Å². The van der Waals surface area contributed by atoms with Gasteiger partial charge in [-0.25, -0.2) is 4.39 Å². The third-order valence-electron chi connectivity index (χ3n) is 2.57. The van der Waals surface area contributed by atoms with Crippen molar-refractivity contribution in [2.75, 3.05) is 5.32 Å². The predicted molar refractivity (Wildman–Crippen MR) is 72.2 cm³/mol. The lowest BCUT2D eigenvalue weighted by molar-refractivity contribution is 0.102. The number of carbonyl (C=O) groups excluding carboxylic acids is 1. The molecule has 2 rings (SSSR count). The Morgan fingerprint density at radius 3 is 2.68 bits per heavy atom. The zero-order chi connectivity index (χ0) is 14.0. The summed E-state index contributed by atoms with van der Waals surface area (Å²) in [5.74, 6) is -1.39. The molecule has 0 heterocycles. The third kappa shape index (κ3) is 3.03. The third-order valence-corrected chi connectivity index (χ3v) is 2.81. The lowest BCUT2D eigenvalue weighted by atomic mass is 10.1. The van der Waals surface area contributed by atoms with E-state index >= 15 is 0 Å². The van der Waals surface area contributed by atoms with Gasteiger partial charge in [0.1, 0.15) is 11.6 Å². The molecule has 98 valence electrons. The number of anilines is 1. The van der Waals surface area contributed by atoms with Crippen LogP contribution in [0, 0.1) is 12.7 Å². The van der Waals surface area contributed by atoms with E-state index in [9.17, 15) is 14.3 Å². The molecule has 0 aliphatic rings. The van der Waals surface area contributed by atoms with Crippen molar-refractivity contribution in [1.29, 1.82) is 0 Å². The molecular formula is C14H11ClFNO2. The van der Waals surface area contributed by atoms with E-state index in [0.29, 0.717) is 5.02 Å². The van der Waals surface area contributed by atoms with Gasteiger partial charge in [0.15, 0.2) is 0 Å². The summed E-state index contributed by atoms with van der Waals surface area (Å²) in [4.78, 5) is 11.9. The first-order valence-corrected chi connectivity index (χ1v) is 5.91. The zero-order valence-corrected chi connectivity index (χ0v) is 10.8. The minimum absolute atomic E-state index is 0.0327. The minimum Gasteiger partial charge on any atom is -0.507 e. The minimum atomic E-state index is -0.598. The molecule has 2 aromatic rings. The van der Waals surface area contributed by atoms with Crippen LogP contribution in [-0.2, 0) is 0 Å². The molecule has 0 fully saturated rings. The highest BCUT2D eigenvalue weighted by molar-refractivity contribution is 6.30. The van der Waals surface area contributed by atoms with Gasteiger partial charge in [0.05, 0.1) is 11.3 Å². The van der Waals surface area contributed by atoms with Crippen molar-refractivity contribution in [2.24, 2.45) is 0 Å². The molecule has 2 aromatic carbocycles. The molecule has 3 nitrogen and oxygen atoms in total. The SMILES string of the molecule is Cc1ccc(F)c(NC(=O)c2ccc(Cl)cc2O)c1. The van der Waals surface area contributed by atoms with Gasteiger partial charge in [-0.15, -0.1) is 0 Å². The molecule has 0 aliphatic heterocycles. The first-order chi connectivity index (χ1) is 8.97. The average molecular weight is 280 g/mol. The maximum Gasteiger partial charge on any atom is 0.259 e. The Morgan fingerprint density at radius 2 is 2.00 bits per heavy atom. The molecule has 0 aromatic heterocycles. The Hall–Kier alpha value is -2.07. The van der Waals surface area contributed by atoms with Gasteiger partial charge >= 0.3 is 0 Å². The number of halogens is 2. The van der Waals surface area contributed by atoms with Crippen molar-refractivity contribution in [1.82, 2.24) is 0 Å². The number of rotatable bonds is 2. The number of phenolic OH excluding ortho intramolecular Hbond substituents is 1. The topological polar surface area (TPSA) is 49.3 Å². The number of hydrogen-bond donors (Lipinski definition) is 2. The molecule has 0 saturated heterocycles. The predicted octanol–water partition coefficient (Wildman–Crippen LogP) is 3.75. The molecule has 0 atom stereocenters. The van der Waals surface area contributed by atoms with Crippen molar-refractivity contribution < 1.29 is 14.3 Å². The van der Waals surface area contributed by atoms with Crippen LogP contribution in [0.2, 0.25) is 5.02 Å². The Bertz CT molecular complexity index is 643. The summed E-state index contributed by atoms with van der Waals surface area (Å²) in [6, 6.07) is 8.49. The van der Waals surface area contributed by atoms with Crippen LogP contribution < -0.4 is 5.32 Å². The summed E-state index contributed by atoms with van der Waals surface area (Å²) >= 11 is 5.68. The van der Waals surface area contributed by atoms with Crippen LogP contribution in [0.1, 0.15) is 15.9 Å². The number of nitrogens with one attached hydrogen (secondary N) is 1. The number of amides is 1. The fourth-order valence-electron chi connectivity index (χ4n) is 1.62. The van der Waals surface area contributed by atoms with Gasteiger partial charge in [-0.2, -0.15) is 0 Å². The van der Waals surface area contributed by atoms with Crippen LogP contribution in [0.3, 0.4) is 0 Å². The maximum atomic E-state index is 13.5. The molecule has 0 unspecified atom stereocenters. The van der Waals surface area contributed by atoms with E-state index in [2.05, 4.69) is 5.32 Å². The van der Waals surface area contributed by atoms with Gasteiger partial charge in [0, 0.05) is 5.02 Å². The molecule has 0 bridgehead atoms. The lowest BCUT2D eigenvalue weighted by Gasteiger charge is -2.08. The van der Waals surface area contributed by atoms with Crippen molar-refractivity contribution >= 4 is 23.2 Å². The average Bonchev–Trinajstić information content (AvgIpc) is 2.33. The molecule has 5 heteroatoms. The Balaban J connectivity index is 2.28. The van der Waals surface area contributed by atoms with E-state index in [0.717, 1.165) is 5.56 Å². The van der Waals surface area contributed by atoms with E-state index < -0.39 is 11.7 Å². The molecular weight excluding hydrogens is 269 g/mol. The summed E-state index contributed by atoms with van der Waals surface area (Å²) in [6.45, 7) is 1.79. The number of aromatic hydroxyl groups is 1. The van der Waals surface area contributed by atoms with Crippen LogP contribution in [-0.4, -0.2) is 11.0 Å². The molecule has 0 saturated carbocycles. The maximum absolute atomic E-state index is 13.5. The van der Waals surface area contributed by atoms with E-state index in [1.165, 1.54) is 30.3 Å². The number of aryl methyl sites for hydroxylation is 1. The van der Waals surface area contributed by atoms with Crippen molar-refractivity contribution in [2.45, 2.75) is 6.92 Å². The normalized spacial score (nSPS) is 10.3. The monoisotopic (exact) mass is 279 g/mol. The zero-order valence-electron chi connectivity index (χ0n) is 10.1. The Kier molecular flexibility index (Phi) is 3.71. The number of phenols is 1. The molecule has 0 aliphatic carbocycles. The van der Waals surface area contributed by atoms with Crippen LogP contribution >= 0.6 is 11.6 Å². The van der Waals surface area contributed by atoms with Crippen molar-refractivity contribution in [3.8, 4) is 5.75 Å². The van der Waals surface area contributed by atoms with Gasteiger partial charge in [-0.05, 0) is 42.8 Å². The Morgan fingerprint density at radius 1 is 1.26 bits per heavy atom. The smallest absolute Gasteiger partial charge is 0.259 e.